The number of carbonyl (C=O) groups excluding carboxylic acids is 2. The molecule has 0 unspecified atom stereocenters. The highest BCUT2D eigenvalue weighted by atomic mass is 16.4. The number of aryl methyl sites for hydroxylation is 2. The predicted molar refractivity (Wildman–Crippen MR) is 93.9 cm³/mol. The lowest BCUT2D eigenvalue weighted by Crippen LogP contribution is -2.44. The molecule has 0 aromatic heterocycles. The van der Waals surface area contributed by atoms with Gasteiger partial charge in [-0.1, -0.05) is 42.0 Å². The molecule has 5 heteroatoms. The van der Waals surface area contributed by atoms with E-state index in [1.807, 2.05) is 32.0 Å². The third-order valence-electron chi connectivity index (χ3n) is 4.20. The summed E-state index contributed by atoms with van der Waals surface area (Å²) in [6, 6.07) is 12.7. The Morgan fingerprint density at radius 2 is 1.72 bits per heavy atom. The minimum absolute atomic E-state index is 0.324. The van der Waals surface area contributed by atoms with Gasteiger partial charge in [0, 0.05) is 11.1 Å². The molecule has 1 heterocycles. The van der Waals surface area contributed by atoms with Gasteiger partial charge in [0.25, 0.3) is 11.8 Å². The van der Waals surface area contributed by atoms with Gasteiger partial charge in [-0.3, -0.25) is 19.3 Å². The topological polar surface area (TPSA) is 74.7 Å². The molecule has 0 bridgehead atoms. The van der Waals surface area contributed by atoms with Crippen LogP contribution in [0.5, 0.6) is 0 Å². The second kappa shape index (κ2) is 6.36. The second-order valence-electron chi connectivity index (χ2n) is 6.05. The van der Waals surface area contributed by atoms with Crippen LogP contribution in [-0.2, 0) is 9.59 Å². The summed E-state index contributed by atoms with van der Waals surface area (Å²) in [7, 11) is 0. The van der Waals surface area contributed by atoms with E-state index >= 15 is 0 Å². The van der Waals surface area contributed by atoms with E-state index in [4.69, 9.17) is 5.11 Å². The number of fused-ring (bicyclic) bond motifs is 1. The number of hydrogen-bond acceptors (Lipinski definition) is 3. The Morgan fingerprint density at radius 3 is 2.40 bits per heavy atom. The van der Waals surface area contributed by atoms with Gasteiger partial charge in [0.1, 0.15) is 6.54 Å². The first-order chi connectivity index (χ1) is 11.9. The van der Waals surface area contributed by atoms with E-state index in [-0.39, 0.29) is 0 Å². The third-order valence-corrected chi connectivity index (χ3v) is 4.20. The van der Waals surface area contributed by atoms with Gasteiger partial charge in [0.2, 0.25) is 0 Å². The van der Waals surface area contributed by atoms with E-state index < -0.39 is 24.3 Å². The average molecular weight is 335 g/mol. The molecular weight excluding hydrogens is 318 g/mol. The molecule has 3 rings (SSSR count). The van der Waals surface area contributed by atoms with Gasteiger partial charge in [-0.25, -0.2) is 0 Å². The van der Waals surface area contributed by atoms with Crippen LogP contribution in [0, 0.1) is 13.8 Å². The first kappa shape index (κ1) is 16.6. The Balaban J connectivity index is 2.20. The number of carbonyl (C=O) groups is 3. The second-order valence-corrected chi connectivity index (χ2v) is 6.05. The highest BCUT2D eigenvalue weighted by molar-refractivity contribution is 6.34. The van der Waals surface area contributed by atoms with Crippen molar-refractivity contribution in [1.29, 1.82) is 0 Å². The Hall–Kier alpha value is -3.21. The first-order valence-corrected chi connectivity index (χ1v) is 7.85. The third kappa shape index (κ3) is 3.08. The standard InChI is InChI=1S/C20H17NO4/c1-12-7-8-13(2)14(9-12)10-17-15-5-3-4-6-16(15)19(24)21(20(17)25)11-18(22)23/h3-10H,11H2,1-2H3,(H,22,23)/b17-10-. The van der Waals surface area contributed by atoms with E-state index in [9.17, 15) is 14.4 Å². The summed E-state index contributed by atoms with van der Waals surface area (Å²) < 4.78 is 0. The van der Waals surface area contributed by atoms with Crippen LogP contribution >= 0.6 is 0 Å². The number of carboxylic acids is 1. The maximum absolute atomic E-state index is 12.8. The Labute approximate surface area is 145 Å². The fourth-order valence-corrected chi connectivity index (χ4v) is 2.89. The van der Waals surface area contributed by atoms with Crippen molar-refractivity contribution in [1.82, 2.24) is 4.90 Å². The molecule has 1 N–H and O–H groups in total. The molecule has 0 fully saturated rings. The highest BCUT2D eigenvalue weighted by Gasteiger charge is 2.35. The molecule has 25 heavy (non-hydrogen) atoms. The summed E-state index contributed by atoms with van der Waals surface area (Å²) in [4.78, 5) is 37.2. The predicted octanol–water partition coefficient (Wildman–Crippen LogP) is 2.91. The minimum Gasteiger partial charge on any atom is -0.480 e. The molecule has 1 aliphatic rings. The number of benzene rings is 2. The monoisotopic (exact) mass is 335 g/mol. The molecule has 0 radical (unpaired) electrons. The lowest BCUT2D eigenvalue weighted by molar-refractivity contribution is -0.141. The van der Waals surface area contributed by atoms with Gasteiger partial charge < -0.3 is 5.11 Å². The number of hydrogen-bond donors (Lipinski definition) is 1. The van der Waals surface area contributed by atoms with E-state index in [1.165, 1.54) is 0 Å². The fraction of sp³-hybridized carbons (Fsp3) is 0.150. The lowest BCUT2D eigenvalue weighted by atomic mass is 9.91. The van der Waals surface area contributed by atoms with Crippen LogP contribution in [0.15, 0.2) is 42.5 Å². The zero-order valence-electron chi connectivity index (χ0n) is 13.9. The largest absolute Gasteiger partial charge is 0.480 e. The van der Waals surface area contributed by atoms with Crippen molar-refractivity contribution >= 4 is 29.4 Å². The van der Waals surface area contributed by atoms with E-state index in [1.54, 1.807) is 30.3 Å². The average Bonchev–Trinajstić information content (AvgIpc) is 2.58. The molecule has 0 saturated carbocycles. The van der Waals surface area contributed by atoms with Crippen LogP contribution in [0.1, 0.15) is 32.6 Å². The molecule has 0 saturated heterocycles. The van der Waals surface area contributed by atoms with Crippen LogP contribution in [0.2, 0.25) is 0 Å². The summed E-state index contributed by atoms with van der Waals surface area (Å²) in [6.45, 7) is 3.24. The maximum atomic E-state index is 12.8. The summed E-state index contributed by atoms with van der Waals surface area (Å²) in [6.07, 6.45) is 1.73. The van der Waals surface area contributed by atoms with Crippen molar-refractivity contribution in [2.75, 3.05) is 6.54 Å². The quantitative estimate of drug-likeness (QED) is 0.691. The van der Waals surface area contributed by atoms with E-state index in [0.29, 0.717) is 16.7 Å². The van der Waals surface area contributed by atoms with Crippen molar-refractivity contribution in [3.8, 4) is 0 Å². The number of imide groups is 1. The van der Waals surface area contributed by atoms with E-state index in [2.05, 4.69) is 0 Å². The minimum atomic E-state index is -1.23. The molecule has 5 nitrogen and oxygen atoms in total. The molecule has 0 spiro atoms. The van der Waals surface area contributed by atoms with Crippen LogP contribution in [0.4, 0.5) is 0 Å². The Morgan fingerprint density at radius 1 is 1.04 bits per heavy atom. The van der Waals surface area contributed by atoms with Gasteiger partial charge in [-0.2, -0.15) is 0 Å². The fourth-order valence-electron chi connectivity index (χ4n) is 2.89. The number of rotatable bonds is 3. The number of aliphatic carboxylic acids is 1. The maximum Gasteiger partial charge on any atom is 0.323 e. The van der Waals surface area contributed by atoms with Gasteiger partial charge in [0.15, 0.2) is 0 Å². The normalized spacial score (nSPS) is 15.4. The van der Waals surface area contributed by atoms with Crippen LogP contribution in [0.25, 0.3) is 11.6 Å². The van der Waals surface area contributed by atoms with Crippen LogP contribution in [0.3, 0.4) is 0 Å². The molecule has 126 valence electrons. The molecule has 1 aliphatic heterocycles. The number of nitrogens with zero attached hydrogens (tertiary/aromatic N) is 1. The highest BCUT2D eigenvalue weighted by Crippen LogP contribution is 2.31. The molecule has 2 amide bonds. The van der Waals surface area contributed by atoms with Gasteiger partial charge in [-0.05, 0) is 42.7 Å². The van der Waals surface area contributed by atoms with Crippen LogP contribution in [-0.4, -0.2) is 34.3 Å². The summed E-state index contributed by atoms with van der Waals surface area (Å²) in [5.74, 6) is -2.40. The van der Waals surface area contributed by atoms with Crippen molar-refractivity contribution in [3.05, 3.63) is 70.3 Å². The Kier molecular flexibility index (Phi) is 4.23. The van der Waals surface area contributed by atoms with Crippen molar-refractivity contribution in [3.63, 3.8) is 0 Å². The van der Waals surface area contributed by atoms with Gasteiger partial charge in [-0.15, -0.1) is 0 Å². The molecule has 2 aromatic rings. The van der Waals surface area contributed by atoms with Crippen LogP contribution < -0.4 is 0 Å². The lowest BCUT2D eigenvalue weighted by Gasteiger charge is -2.27. The first-order valence-electron chi connectivity index (χ1n) is 7.85. The van der Waals surface area contributed by atoms with Crippen molar-refractivity contribution in [2.45, 2.75) is 13.8 Å². The van der Waals surface area contributed by atoms with Crippen molar-refractivity contribution < 1.29 is 19.5 Å². The molecule has 2 aromatic carbocycles. The zero-order chi connectivity index (χ0) is 18.1. The number of amides is 2. The summed E-state index contributed by atoms with van der Waals surface area (Å²) in [5.41, 5.74) is 4.09. The molecular formula is C20H17NO4. The molecule has 0 atom stereocenters. The van der Waals surface area contributed by atoms with E-state index in [0.717, 1.165) is 21.6 Å². The summed E-state index contributed by atoms with van der Waals surface area (Å²) in [5, 5.41) is 9.04. The Bertz CT molecular complexity index is 927. The SMILES string of the molecule is Cc1ccc(C)c(/C=C2\C(=O)N(CC(=O)O)C(=O)c3ccccc32)c1. The smallest absolute Gasteiger partial charge is 0.323 e. The van der Waals surface area contributed by atoms with Crippen molar-refractivity contribution in [2.24, 2.45) is 0 Å². The van der Waals surface area contributed by atoms with Gasteiger partial charge in [0.05, 0.1) is 0 Å². The molecule has 0 aliphatic carbocycles. The summed E-state index contributed by atoms with van der Waals surface area (Å²) >= 11 is 0. The van der Waals surface area contributed by atoms with Gasteiger partial charge >= 0.3 is 5.97 Å². The zero-order valence-corrected chi connectivity index (χ0v) is 13.9. The number of carboxylic acid groups (broad SMARTS) is 1.